The third-order valence-corrected chi connectivity index (χ3v) is 4.50. The highest BCUT2D eigenvalue weighted by Crippen LogP contribution is 2.19. The standard InChI is InChI=1S/C15H28N2O2/c1-12-6-5-8-16-14(12)10-15(18)17(2)11-13-7-3-4-9-19-13/h12-14,16H,3-11H2,1-2H3. The molecule has 1 N–H and O–H groups in total. The molecule has 2 rings (SSSR count). The molecule has 0 aromatic carbocycles. The van der Waals surface area contributed by atoms with Gasteiger partial charge < -0.3 is 15.0 Å². The third kappa shape index (κ3) is 4.46. The largest absolute Gasteiger partial charge is 0.376 e. The second-order valence-corrected chi connectivity index (χ2v) is 6.15. The van der Waals surface area contributed by atoms with Crippen LogP contribution in [-0.2, 0) is 9.53 Å². The molecule has 2 heterocycles. The highest BCUT2D eigenvalue weighted by Gasteiger charge is 2.25. The van der Waals surface area contributed by atoms with Gasteiger partial charge in [0.1, 0.15) is 0 Å². The lowest BCUT2D eigenvalue weighted by atomic mass is 9.90. The minimum atomic E-state index is 0.249. The van der Waals surface area contributed by atoms with E-state index in [4.69, 9.17) is 4.74 Å². The first-order chi connectivity index (χ1) is 9.16. The summed E-state index contributed by atoms with van der Waals surface area (Å²) in [6.07, 6.45) is 6.84. The van der Waals surface area contributed by atoms with Crippen LogP contribution in [0.25, 0.3) is 0 Å². The molecule has 2 saturated heterocycles. The molecule has 0 aliphatic carbocycles. The SMILES string of the molecule is CC1CCCNC1CC(=O)N(C)CC1CCCCO1. The lowest BCUT2D eigenvalue weighted by Crippen LogP contribution is -2.45. The quantitative estimate of drug-likeness (QED) is 0.845. The molecule has 2 fully saturated rings. The van der Waals surface area contributed by atoms with Crippen molar-refractivity contribution < 1.29 is 9.53 Å². The van der Waals surface area contributed by atoms with E-state index >= 15 is 0 Å². The van der Waals surface area contributed by atoms with Gasteiger partial charge in [0.05, 0.1) is 6.10 Å². The van der Waals surface area contributed by atoms with Gasteiger partial charge in [0, 0.05) is 32.7 Å². The Morgan fingerprint density at radius 3 is 2.84 bits per heavy atom. The van der Waals surface area contributed by atoms with E-state index in [0.717, 1.165) is 32.5 Å². The Morgan fingerprint density at radius 1 is 1.32 bits per heavy atom. The maximum atomic E-state index is 12.3. The van der Waals surface area contributed by atoms with Crippen LogP contribution in [0.15, 0.2) is 0 Å². The van der Waals surface area contributed by atoms with Crippen molar-refractivity contribution in [1.82, 2.24) is 10.2 Å². The van der Waals surface area contributed by atoms with Gasteiger partial charge in [-0.15, -0.1) is 0 Å². The average molecular weight is 268 g/mol. The molecule has 4 nitrogen and oxygen atoms in total. The van der Waals surface area contributed by atoms with Crippen molar-refractivity contribution in [2.24, 2.45) is 5.92 Å². The first kappa shape index (κ1) is 14.8. The van der Waals surface area contributed by atoms with Crippen molar-refractivity contribution in [3.8, 4) is 0 Å². The maximum absolute atomic E-state index is 12.3. The van der Waals surface area contributed by atoms with Crippen molar-refractivity contribution in [3.05, 3.63) is 0 Å². The number of hydrogen-bond donors (Lipinski definition) is 1. The van der Waals surface area contributed by atoms with Crippen LogP contribution in [0.5, 0.6) is 0 Å². The van der Waals surface area contributed by atoms with Gasteiger partial charge in [0.2, 0.25) is 5.91 Å². The molecule has 2 aliphatic heterocycles. The minimum absolute atomic E-state index is 0.249. The molecular formula is C15H28N2O2. The fourth-order valence-corrected chi connectivity index (χ4v) is 3.09. The number of nitrogens with one attached hydrogen (secondary N) is 1. The summed E-state index contributed by atoms with van der Waals surface area (Å²) in [6, 6.07) is 0.357. The number of piperidine rings is 1. The lowest BCUT2D eigenvalue weighted by molar-refractivity contribution is -0.133. The Balaban J connectivity index is 1.74. The van der Waals surface area contributed by atoms with Crippen molar-refractivity contribution >= 4 is 5.91 Å². The number of nitrogens with zero attached hydrogens (tertiary/aromatic N) is 1. The van der Waals surface area contributed by atoms with Crippen LogP contribution < -0.4 is 5.32 Å². The molecule has 2 aliphatic rings. The Bertz CT molecular complexity index is 290. The van der Waals surface area contributed by atoms with E-state index in [9.17, 15) is 4.79 Å². The smallest absolute Gasteiger partial charge is 0.223 e. The summed E-state index contributed by atoms with van der Waals surface area (Å²) in [5.41, 5.74) is 0. The molecule has 0 radical (unpaired) electrons. The number of ether oxygens (including phenoxy) is 1. The van der Waals surface area contributed by atoms with Gasteiger partial charge in [-0.2, -0.15) is 0 Å². The van der Waals surface area contributed by atoms with E-state index in [1.165, 1.54) is 19.3 Å². The fraction of sp³-hybridized carbons (Fsp3) is 0.933. The van der Waals surface area contributed by atoms with Crippen LogP contribution in [0.1, 0.15) is 45.4 Å². The Morgan fingerprint density at radius 2 is 2.16 bits per heavy atom. The van der Waals surface area contributed by atoms with Crippen molar-refractivity contribution in [1.29, 1.82) is 0 Å². The fourth-order valence-electron chi connectivity index (χ4n) is 3.09. The highest BCUT2D eigenvalue weighted by molar-refractivity contribution is 5.76. The zero-order valence-corrected chi connectivity index (χ0v) is 12.4. The first-order valence-electron chi connectivity index (χ1n) is 7.76. The van der Waals surface area contributed by atoms with Crippen LogP contribution in [0.4, 0.5) is 0 Å². The molecule has 0 spiro atoms. The molecule has 0 saturated carbocycles. The average Bonchev–Trinajstić information content (AvgIpc) is 2.42. The van der Waals surface area contributed by atoms with E-state index in [1.54, 1.807) is 0 Å². The number of rotatable bonds is 4. The normalized spacial score (nSPS) is 32.0. The molecule has 0 bridgehead atoms. The molecule has 3 unspecified atom stereocenters. The van der Waals surface area contributed by atoms with Crippen LogP contribution in [0.2, 0.25) is 0 Å². The van der Waals surface area contributed by atoms with E-state index < -0.39 is 0 Å². The molecule has 110 valence electrons. The summed E-state index contributed by atoms with van der Waals surface area (Å²) in [6.45, 7) is 4.90. The number of carbonyl (C=O) groups is 1. The van der Waals surface area contributed by atoms with Crippen LogP contribution in [-0.4, -0.2) is 49.7 Å². The molecule has 3 atom stereocenters. The van der Waals surface area contributed by atoms with Gasteiger partial charge in [0.15, 0.2) is 0 Å². The maximum Gasteiger partial charge on any atom is 0.223 e. The molecular weight excluding hydrogens is 240 g/mol. The van der Waals surface area contributed by atoms with Crippen LogP contribution in [0, 0.1) is 5.92 Å². The minimum Gasteiger partial charge on any atom is -0.376 e. The zero-order chi connectivity index (χ0) is 13.7. The Hall–Kier alpha value is -0.610. The zero-order valence-electron chi connectivity index (χ0n) is 12.4. The monoisotopic (exact) mass is 268 g/mol. The summed E-state index contributed by atoms with van der Waals surface area (Å²) in [7, 11) is 1.91. The number of carbonyl (C=O) groups excluding carboxylic acids is 1. The van der Waals surface area contributed by atoms with Crippen molar-refractivity contribution in [3.63, 3.8) is 0 Å². The van der Waals surface area contributed by atoms with Gasteiger partial charge in [0.25, 0.3) is 0 Å². The van der Waals surface area contributed by atoms with E-state index in [-0.39, 0.29) is 12.0 Å². The van der Waals surface area contributed by atoms with Crippen molar-refractivity contribution in [2.75, 3.05) is 26.7 Å². The molecule has 0 aromatic rings. The Kier molecular flexibility index (Phi) is 5.64. The van der Waals surface area contributed by atoms with Gasteiger partial charge in [-0.3, -0.25) is 4.79 Å². The molecule has 0 aromatic heterocycles. The number of likely N-dealkylation sites (N-methyl/N-ethyl adjacent to an activating group) is 1. The Labute approximate surface area is 116 Å². The third-order valence-electron chi connectivity index (χ3n) is 4.50. The lowest BCUT2D eigenvalue weighted by Gasteiger charge is -2.32. The van der Waals surface area contributed by atoms with Crippen molar-refractivity contribution in [2.45, 2.75) is 57.6 Å². The second kappa shape index (κ2) is 7.25. The predicted octanol–water partition coefficient (Wildman–Crippen LogP) is 1.79. The number of amides is 1. The van der Waals surface area contributed by atoms with E-state index in [1.807, 2.05) is 11.9 Å². The van der Waals surface area contributed by atoms with E-state index in [2.05, 4.69) is 12.2 Å². The highest BCUT2D eigenvalue weighted by atomic mass is 16.5. The number of hydrogen-bond acceptors (Lipinski definition) is 3. The predicted molar refractivity (Wildman–Crippen MR) is 76.0 cm³/mol. The molecule has 19 heavy (non-hydrogen) atoms. The van der Waals surface area contributed by atoms with E-state index in [0.29, 0.717) is 18.4 Å². The molecule has 4 heteroatoms. The summed E-state index contributed by atoms with van der Waals surface area (Å²) in [4.78, 5) is 14.1. The van der Waals surface area contributed by atoms with Crippen LogP contribution in [0.3, 0.4) is 0 Å². The summed E-state index contributed by atoms with van der Waals surface area (Å²) >= 11 is 0. The van der Waals surface area contributed by atoms with Gasteiger partial charge in [-0.05, 0) is 44.6 Å². The molecule has 1 amide bonds. The van der Waals surface area contributed by atoms with Gasteiger partial charge in [-0.25, -0.2) is 0 Å². The summed E-state index contributed by atoms with van der Waals surface area (Å²) in [5.74, 6) is 0.859. The second-order valence-electron chi connectivity index (χ2n) is 6.15. The van der Waals surface area contributed by atoms with Crippen LogP contribution >= 0.6 is 0 Å². The summed E-state index contributed by atoms with van der Waals surface area (Å²) in [5, 5.41) is 3.48. The summed E-state index contributed by atoms with van der Waals surface area (Å²) < 4.78 is 5.70. The first-order valence-corrected chi connectivity index (χ1v) is 7.76. The van der Waals surface area contributed by atoms with Gasteiger partial charge >= 0.3 is 0 Å². The topological polar surface area (TPSA) is 41.6 Å². The van der Waals surface area contributed by atoms with Gasteiger partial charge in [-0.1, -0.05) is 6.92 Å².